The zero-order valence-electron chi connectivity index (χ0n) is 65.2. The Morgan fingerprint density at radius 1 is 0.279 bits per heavy atom. The van der Waals surface area contributed by atoms with Gasteiger partial charge in [-0.05, 0) is 161 Å². The second kappa shape index (κ2) is 76.4. The third-order valence-corrected chi connectivity index (χ3v) is 18.5. The lowest BCUT2D eigenvalue weighted by molar-refractivity contribution is -0.161. The summed E-state index contributed by atoms with van der Waals surface area (Å²) in [6, 6.07) is 0. The topological polar surface area (TPSA) is 237 Å². The van der Waals surface area contributed by atoms with Crippen molar-refractivity contribution < 1.29 is 80.2 Å². The predicted molar refractivity (Wildman–Crippen MR) is 427 cm³/mol. The summed E-state index contributed by atoms with van der Waals surface area (Å²) < 4.78 is 68.6. The highest BCUT2D eigenvalue weighted by molar-refractivity contribution is 7.47. The van der Waals surface area contributed by atoms with E-state index in [9.17, 15) is 43.2 Å². The van der Waals surface area contributed by atoms with Crippen molar-refractivity contribution in [2.24, 2.45) is 0 Å². The molecule has 0 aliphatic heterocycles. The SMILES string of the molecule is CC/C=C\C/C=C\C/C=C\C/C=C\C/C=C\CCCCCC(=O)OCC(COP(=O)(O)OCC(O)COP(=O)(O)OCC(COC(=O)CCCCCCC/C=C\C/C=C\CCCCC)OC(=O)CCCCCCC/C=C\CCCC)OC(=O)CCCCCCCC/C=C\C/C=C\C/C=C\CCCCC. The lowest BCUT2D eigenvalue weighted by Gasteiger charge is -2.21. The number of esters is 4. The van der Waals surface area contributed by atoms with E-state index in [1.54, 1.807) is 0 Å². The van der Waals surface area contributed by atoms with E-state index in [0.29, 0.717) is 25.7 Å². The van der Waals surface area contributed by atoms with Crippen LogP contribution in [0.1, 0.15) is 323 Å². The number of hydrogen-bond acceptors (Lipinski definition) is 15. The first-order chi connectivity index (χ1) is 50.7. The Morgan fingerprint density at radius 2 is 0.510 bits per heavy atom. The largest absolute Gasteiger partial charge is 0.472 e. The Kier molecular flexibility index (Phi) is 72.9. The van der Waals surface area contributed by atoms with Gasteiger partial charge < -0.3 is 33.8 Å². The lowest BCUT2D eigenvalue weighted by Crippen LogP contribution is -2.30. The smallest absolute Gasteiger partial charge is 0.462 e. The first kappa shape index (κ1) is 99.2. The molecule has 0 aromatic rings. The van der Waals surface area contributed by atoms with E-state index < -0.39 is 97.5 Å². The zero-order chi connectivity index (χ0) is 76.0. The van der Waals surface area contributed by atoms with Crippen LogP contribution in [0.15, 0.2) is 134 Å². The molecule has 596 valence electrons. The van der Waals surface area contributed by atoms with Gasteiger partial charge in [0.15, 0.2) is 12.2 Å². The summed E-state index contributed by atoms with van der Waals surface area (Å²) in [5.74, 6) is -2.25. The molecule has 5 atom stereocenters. The first-order valence-corrected chi connectivity index (χ1v) is 43.4. The van der Waals surface area contributed by atoms with Gasteiger partial charge in [0.05, 0.1) is 26.4 Å². The van der Waals surface area contributed by atoms with Crippen molar-refractivity contribution in [2.45, 2.75) is 341 Å². The van der Waals surface area contributed by atoms with Crippen LogP contribution >= 0.6 is 15.6 Å². The number of phosphoric acid groups is 2. The number of aliphatic hydroxyl groups excluding tert-OH is 1. The molecule has 0 rings (SSSR count). The molecule has 0 spiro atoms. The number of carbonyl (C=O) groups is 4. The average molecular weight is 1500 g/mol. The molecule has 17 nitrogen and oxygen atoms in total. The summed E-state index contributed by atoms with van der Waals surface area (Å²) in [5, 5.41) is 10.6. The Hall–Kier alpha value is -4.80. The highest BCUT2D eigenvalue weighted by Gasteiger charge is 2.30. The molecule has 0 aliphatic carbocycles. The van der Waals surface area contributed by atoms with Gasteiger partial charge >= 0.3 is 39.5 Å². The minimum Gasteiger partial charge on any atom is -0.462 e. The number of carbonyl (C=O) groups excluding carboxylic acids is 4. The molecule has 0 saturated heterocycles. The highest BCUT2D eigenvalue weighted by Crippen LogP contribution is 2.45. The van der Waals surface area contributed by atoms with E-state index in [0.717, 1.165) is 193 Å². The molecule has 19 heteroatoms. The normalized spacial score (nSPS) is 14.6. The van der Waals surface area contributed by atoms with Crippen LogP contribution in [-0.2, 0) is 65.4 Å². The fourth-order valence-corrected chi connectivity index (χ4v) is 12.0. The monoisotopic (exact) mass is 1500 g/mol. The third-order valence-electron chi connectivity index (χ3n) is 16.6. The Balaban J connectivity index is 5.40. The molecular formula is C85H144O17P2. The van der Waals surface area contributed by atoms with Crippen LogP contribution in [0.3, 0.4) is 0 Å². The second-order valence-electron chi connectivity index (χ2n) is 26.6. The number of hydrogen-bond donors (Lipinski definition) is 3. The van der Waals surface area contributed by atoms with E-state index >= 15 is 0 Å². The van der Waals surface area contributed by atoms with Crippen molar-refractivity contribution in [3.63, 3.8) is 0 Å². The van der Waals surface area contributed by atoms with Gasteiger partial charge in [-0.15, -0.1) is 0 Å². The average Bonchev–Trinajstić information content (AvgIpc) is 0.928. The van der Waals surface area contributed by atoms with Crippen LogP contribution in [-0.4, -0.2) is 96.7 Å². The highest BCUT2D eigenvalue weighted by atomic mass is 31.2. The maximum absolute atomic E-state index is 13.1. The van der Waals surface area contributed by atoms with E-state index in [-0.39, 0.29) is 25.7 Å². The summed E-state index contributed by atoms with van der Waals surface area (Å²) >= 11 is 0. The van der Waals surface area contributed by atoms with Crippen molar-refractivity contribution >= 4 is 39.5 Å². The van der Waals surface area contributed by atoms with Gasteiger partial charge in [0.2, 0.25) is 0 Å². The number of aliphatic hydroxyl groups is 1. The lowest BCUT2D eigenvalue weighted by atomic mass is 10.1. The van der Waals surface area contributed by atoms with Gasteiger partial charge in [0, 0.05) is 25.7 Å². The molecule has 5 unspecified atom stereocenters. The van der Waals surface area contributed by atoms with Crippen LogP contribution in [0.2, 0.25) is 0 Å². The zero-order valence-corrected chi connectivity index (χ0v) is 66.9. The van der Waals surface area contributed by atoms with Crippen molar-refractivity contribution in [2.75, 3.05) is 39.6 Å². The van der Waals surface area contributed by atoms with Gasteiger partial charge in [-0.3, -0.25) is 37.3 Å². The Bertz CT molecular complexity index is 2490. The van der Waals surface area contributed by atoms with E-state index in [1.165, 1.54) is 51.4 Å². The van der Waals surface area contributed by atoms with Gasteiger partial charge in [-0.1, -0.05) is 271 Å². The third kappa shape index (κ3) is 75.4. The summed E-state index contributed by atoms with van der Waals surface area (Å²) in [6.45, 7) is 4.60. The number of phosphoric ester groups is 2. The molecule has 0 radical (unpaired) electrons. The minimum atomic E-state index is -4.99. The standard InChI is InChI=1S/C85H144O17P2/c1-5-9-13-17-21-25-29-32-35-37-39-41-44-47-51-54-58-62-66-70-83(88)96-76-81(102-85(90)72-68-64-60-56-52-48-45-42-40-38-36-33-30-26-22-18-14-10-6-2)78-100-104(93,94)98-74-79(86)73-97-103(91,92)99-77-80(101-84(89)71-67-63-59-55-49-28-24-20-16-12-8-4)75-95-82(87)69-65-61-57-53-50-46-43-34-31-27-23-19-15-11-7-3/h9,13,20-27,32-36,39-43,47,51,79-81,86H,5-8,10-12,14-19,28-31,37-38,44-46,48-50,52-78H2,1-4H3,(H,91,92)(H,93,94)/b13-9-,24-20-,25-21-,26-22-,27-23-,35-32-,36-33-,41-39-,42-40-,43-34-,51-47-. The fourth-order valence-electron chi connectivity index (χ4n) is 10.4. The van der Waals surface area contributed by atoms with Crippen LogP contribution in [0, 0.1) is 0 Å². The van der Waals surface area contributed by atoms with E-state index in [1.807, 2.05) is 0 Å². The number of rotatable bonds is 75. The molecule has 104 heavy (non-hydrogen) atoms. The summed E-state index contributed by atoms with van der Waals surface area (Å²) in [6.07, 6.45) is 85.7. The van der Waals surface area contributed by atoms with Gasteiger partial charge in [-0.2, -0.15) is 0 Å². The molecule has 0 fully saturated rings. The summed E-state index contributed by atoms with van der Waals surface area (Å²) in [5.41, 5.74) is 0. The molecule has 0 heterocycles. The molecule has 0 aliphatic rings. The number of ether oxygens (including phenoxy) is 4. The molecular weight excluding hydrogens is 1350 g/mol. The Morgan fingerprint density at radius 3 is 0.817 bits per heavy atom. The van der Waals surface area contributed by atoms with Gasteiger partial charge in [-0.25, -0.2) is 9.13 Å². The summed E-state index contributed by atoms with van der Waals surface area (Å²) in [7, 11) is -9.98. The first-order valence-electron chi connectivity index (χ1n) is 40.4. The number of unbranched alkanes of at least 4 members (excludes halogenated alkanes) is 27. The van der Waals surface area contributed by atoms with Crippen molar-refractivity contribution in [1.82, 2.24) is 0 Å². The Labute approximate surface area is 631 Å². The minimum absolute atomic E-state index is 0.0691. The molecule has 3 N–H and O–H groups in total. The van der Waals surface area contributed by atoms with Gasteiger partial charge in [0.1, 0.15) is 19.3 Å². The molecule has 0 aromatic carbocycles. The summed E-state index contributed by atoms with van der Waals surface area (Å²) in [4.78, 5) is 73.0. The predicted octanol–water partition coefficient (Wildman–Crippen LogP) is 23.7. The maximum Gasteiger partial charge on any atom is 0.472 e. The van der Waals surface area contributed by atoms with Crippen molar-refractivity contribution in [3.8, 4) is 0 Å². The maximum atomic E-state index is 13.1. The van der Waals surface area contributed by atoms with Crippen LogP contribution in [0.25, 0.3) is 0 Å². The molecule has 0 aromatic heterocycles. The molecule has 0 amide bonds. The van der Waals surface area contributed by atoms with Crippen molar-refractivity contribution in [1.29, 1.82) is 0 Å². The van der Waals surface area contributed by atoms with Crippen LogP contribution in [0.5, 0.6) is 0 Å². The number of allylic oxidation sites excluding steroid dienone is 22. The van der Waals surface area contributed by atoms with Crippen LogP contribution < -0.4 is 0 Å². The molecule has 0 bridgehead atoms. The van der Waals surface area contributed by atoms with E-state index in [2.05, 4.69) is 161 Å². The quantitative estimate of drug-likeness (QED) is 0.0169. The fraction of sp³-hybridized carbons (Fsp3) is 0.694. The van der Waals surface area contributed by atoms with Crippen molar-refractivity contribution in [3.05, 3.63) is 134 Å². The molecule has 0 saturated carbocycles. The second-order valence-corrected chi connectivity index (χ2v) is 29.5. The van der Waals surface area contributed by atoms with Gasteiger partial charge in [0.25, 0.3) is 0 Å². The van der Waals surface area contributed by atoms with Crippen LogP contribution in [0.4, 0.5) is 0 Å². The van der Waals surface area contributed by atoms with E-state index in [4.69, 9.17) is 37.0 Å².